The van der Waals surface area contributed by atoms with Gasteiger partial charge in [0.2, 0.25) is 5.91 Å². The normalized spacial score (nSPS) is 14.1. The first kappa shape index (κ1) is 25.2. The summed E-state index contributed by atoms with van der Waals surface area (Å²) in [6, 6.07) is 13.6. The smallest absolute Gasteiger partial charge is 0.224 e. The molecule has 0 radical (unpaired) electrons. The van der Waals surface area contributed by atoms with Crippen molar-refractivity contribution in [3.05, 3.63) is 59.2 Å². The van der Waals surface area contributed by atoms with Crippen LogP contribution < -0.4 is 15.5 Å². The molecule has 31 heavy (non-hydrogen) atoms. The molecule has 0 bridgehead atoms. The van der Waals surface area contributed by atoms with E-state index in [1.54, 1.807) is 6.20 Å². The van der Waals surface area contributed by atoms with Gasteiger partial charge in [0.15, 0.2) is 5.96 Å². The Labute approximate surface area is 206 Å². The van der Waals surface area contributed by atoms with E-state index in [0.29, 0.717) is 30.5 Å². The maximum Gasteiger partial charge on any atom is 0.224 e. The molecule has 9 heteroatoms. The molecule has 1 saturated heterocycles. The molecule has 2 aromatic rings. The average Bonchev–Trinajstić information content (AvgIpc) is 2.79. The van der Waals surface area contributed by atoms with Crippen molar-refractivity contribution in [3.63, 3.8) is 0 Å². The van der Waals surface area contributed by atoms with Gasteiger partial charge >= 0.3 is 0 Å². The SMILES string of the molecule is CCNC(=NCc1ccc(Cl)cc1)NCCC(=O)N1CCN(c2ccccn2)CC1.I. The molecular weight excluding hydrogens is 527 g/mol. The number of hydrogen-bond acceptors (Lipinski definition) is 4. The lowest BCUT2D eigenvalue weighted by Gasteiger charge is -2.35. The van der Waals surface area contributed by atoms with Crippen molar-refractivity contribution in [3.8, 4) is 0 Å². The Morgan fingerprint density at radius 1 is 1.10 bits per heavy atom. The summed E-state index contributed by atoms with van der Waals surface area (Å²) in [5, 5.41) is 7.18. The maximum atomic E-state index is 12.6. The number of halogens is 2. The van der Waals surface area contributed by atoms with Crippen molar-refractivity contribution in [1.82, 2.24) is 20.5 Å². The molecule has 0 spiro atoms. The first-order chi connectivity index (χ1) is 14.7. The van der Waals surface area contributed by atoms with E-state index in [1.807, 2.05) is 54.3 Å². The molecule has 1 amide bonds. The number of anilines is 1. The number of amides is 1. The zero-order chi connectivity index (χ0) is 21.2. The molecule has 1 aliphatic heterocycles. The van der Waals surface area contributed by atoms with Crippen LogP contribution in [0.25, 0.3) is 0 Å². The number of benzene rings is 1. The molecule has 3 rings (SSSR count). The number of guanidine groups is 1. The average molecular weight is 557 g/mol. The van der Waals surface area contributed by atoms with Crippen molar-refractivity contribution in [2.75, 3.05) is 44.2 Å². The number of pyridine rings is 1. The summed E-state index contributed by atoms with van der Waals surface area (Å²) in [5.41, 5.74) is 1.08. The Kier molecular flexibility index (Phi) is 10.9. The topological polar surface area (TPSA) is 72.9 Å². The van der Waals surface area contributed by atoms with E-state index < -0.39 is 0 Å². The lowest BCUT2D eigenvalue weighted by molar-refractivity contribution is -0.131. The van der Waals surface area contributed by atoms with Crippen LogP contribution in [0.1, 0.15) is 18.9 Å². The highest BCUT2D eigenvalue weighted by Crippen LogP contribution is 2.13. The van der Waals surface area contributed by atoms with Crippen LogP contribution in [-0.2, 0) is 11.3 Å². The number of carbonyl (C=O) groups excluding carboxylic acids is 1. The van der Waals surface area contributed by atoms with Gasteiger partial charge in [-0.3, -0.25) is 4.79 Å². The Morgan fingerprint density at radius 2 is 1.84 bits per heavy atom. The molecule has 1 fully saturated rings. The number of aliphatic imine (C=N–C) groups is 1. The van der Waals surface area contributed by atoms with Crippen molar-refractivity contribution < 1.29 is 4.79 Å². The summed E-state index contributed by atoms with van der Waals surface area (Å²) >= 11 is 5.92. The van der Waals surface area contributed by atoms with Gasteiger partial charge in [0, 0.05) is 56.9 Å². The van der Waals surface area contributed by atoms with Gasteiger partial charge in [-0.25, -0.2) is 9.98 Å². The van der Waals surface area contributed by atoms with Gasteiger partial charge < -0.3 is 20.4 Å². The number of aromatic nitrogens is 1. The quantitative estimate of drug-likeness (QED) is 0.312. The predicted molar refractivity (Wildman–Crippen MR) is 137 cm³/mol. The second-order valence-electron chi connectivity index (χ2n) is 7.05. The van der Waals surface area contributed by atoms with E-state index in [0.717, 1.165) is 44.1 Å². The predicted octanol–water partition coefficient (Wildman–Crippen LogP) is 3.15. The largest absolute Gasteiger partial charge is 0.357 e. The van der Waals surface area contributed by atoms with Crippen LogP contribution >= 0.6 is 35.6 Å². The Balaban J connectivity index is 0.00000341. The van der Waals surface area contributed by atoms with Crippen LogP contribution in [0.15, 0.2) is 53.7 Å². The monoisotopic (exact) mass is 556 g/mol. The molecule has 0 unspecified atom stereocenters. The van der Waals surface area contributed by atoms with Crippen LogP contribution in [0, 0.1) is 0 Å². The third-order valence-electron chi connectivity index (χ3n) is 4.91. The molecule has 1 aromatic heterocycles. The Morgan fingerprint density at radius 3 is 2.48 bits per heavy atom. The van der Waals surface area contributed by atoms with Crippen LogP contribution in [0.5, 0.6) is 0 Å². The maximum absolute atomic E-state index is 12.6. The van der Waals surface area contributed by atoms with Gasteiger partial charge in [-0.2, -0.15) is 0 Å². The molecule has 1 aromatic carbocycles. The first-order valence-corrected chi connectivity index (χ1v) is 10.7. The van der Waals surface area contributed by atoms with Crippen molar-refractivity contribution >= 4 is 53.3 Å². The Bertz CT molecular complexity index is 826. The van der Waals surface area contributed by atoms with Gasteiger partial charge in [-0.05, 0) is 36.8 Å². The van der Waals surface area contributed by atoms with Crippen LogP contribution in [-0.4, -0.2) is 61.0 Å². The zero-order valence-electron chi connectivity index (χ0n) is 17.8. The summed E-state index contributed by atoms with van der Waals surface area (Å²) < 4.78 is 0. The third-order valence-corrected chi connectivity index (χ3v) is 5.17. The molecule has 2 heterocycles. The van der Waals surface area contributed by atoms with Crippen LogP contribution in [0.3, 0.4) is 0 Å². The molecular formula is C22H30ClIN6O. The fraction of sp³-hybridized carbons (Fsp3) is 0.409. The first-order valence-electron chi connectivity index (χ1n) is 10.4. The fourth-order valence-corrected chi connectivity index (χ4v) is 3.40. The van der Waals surface area contributed by atoms with E-state index in [9.17, 15) is 4.79 Å². The van der Waals surface area contributed by atoms with E-state index in [4.69, 9.17) is 11.6 Å². The van der Waals surface area contributed by atoms with E-state index in [-0.39, 0.29) is 29.9 Å². The number of hydrogen-bond donors (Lipinski definition) is 2. The minimum Gasteiger partial charge on any atom is -0.357 e. The van der Waals surface area contributed by atoms with Gasteiger partial charge in [0.05, 0.1) is 6.54 Å². The van der Waals surface area contributed by atoms with Gasteiger partial charge in [-0.15, -0.1) is 24.0 Å². The molecule has 0 atom stereocenters. The lowest BCUT2D eigenvalue weighted by Crippen LogP contribution is -2.49. The highest BCUT2D eigenvalue weighted by molar-refractivity contribution is 14.0. The van der Waals surface area contributed by atoms with Crippen molar-refractivity contribution in [1.29, 1.82) is 0 Å². The zero-order valence-corrected chi connectivity index (χ0v) is 20.8. The van der Waals surface area contributed by atoms with E-state index in [1.165, 1.54) is 0 Å². The molecule has 7 nitrogen and oxygen atoms in total. The number of piperazine rings is 1. The Hall–Kier alpha value is -2.07. The molecule has 168 valence electrons. The fourth-order valence-electron chi connectivity index (χ4n) is 3.27. The summed E-state index contributed by atoms with van der Waals surface area (Å²) in [6.45, 7) is 6.94. The van der Waals surface area contributed by atoms with Crippen molar-refractivity contribution in [2.45, 2.75) is 19.9 Å². The number of rotatable bonds is 7. The summed E-state index contributed by atoms with van der Waals surface area (Å²) in [4.78, 5) is 25.7. The van der Waals surface area contributed by atoms with E-state index >= 15 is 0 Å². The summed E-state index contributed by atoms with van der Waals surface area (Å²) in [5.74, 6) is 1.84. The molecule has 0 saturated carbocycles. The van der Waals surface area contributed by atoms with Crippen LogP contribution in [0.4, 0.5) is 5.82 Å². The highest BCUT2D eigenvalue weighted by atomic mass is 127. The van der Waals surface area contributed by atoms with Crippen molar-refractivity contribution in [2.24, 2.45) is 4.99 Å². The minimum absolute atomic E-state index is 0. The highest BCUT2D eigenvalue weighted by Gasteiger charge is 2.21. The molecule has 1 aliphatic rings. The molecule has 2 N–H and O–H groups in total. The van der Waals surface area contributed by atoms with Gasteiger partial charge in [0.1, 0.15) is 5.82 Å². The van der Waals surface area contributed by atoms with Gasteiger partial charge in [-0.1, -0.05) is 29.8 Å². The summed E-state index contributed by atoms with van der Waals surface area (Å²) in [6.07, 6.45) is 2.24. The lowest BCUT2D eigenvalue weighted by atomic mass is 10.2. The second kappa shape index (κ2) is 13.4. The van der Waals surface area contributed by atoms with E-state index in [2.05, 4.69) is 25.5 Å². The summed E-state index contributed by atoms with van der Waals surface area (Å²) in [7, 11) is 0. The minimum atomic E-state index is 0. The van der Waals surface area contributed by atoms with Crippen LogP contribution in [0.2, 0.25) is 5.02 Å². The number of carbonyl (C=O) groups is 1. The number of nitrogens with zero attached hydrogens (tertiary/aromatic N) is 4. The standard InChI is InChI=1S/C22H29ClN6O.HI/c1-2-24-22(27-17-18-6-8-19(23)9-7-18)26-12-10-21(30)29-15-13-28(14-16-29)20-5-3-4-11-25-20;/h3-9,11H,2,10,12-17H2,1H3,(H2,24,26,27);1H. The second-order valence-corrected chi connectivity index (χ2v) is 7.49. The van der Waals surface area contributed by atoms with Gasteiger partial charge in [0.25, 0.3) is 0 Å². The number of nitrogens with one attached hydrogen (secondary N) is 2. The third kappa shape index (κ3) is 8.17. The molecule has 0 aliphatic carbocycles.